The fourth-order valence-electron chi connectivity index (χ4n) is 0.756. The van der Waals surface area contributed by atoms with E-state index >= 15 is 0 Å². The molecule has 0 aliphatic rings. The third-order valence-corrected chi connectivity index (χ3v) is 1.77. The third kappa shape index (κ3) is 4.19. The molecule has 0 aromatic carbocycles. The number of ether oxygens (including phenoxy) is 2. The van der Waals surface area contributed by atoms with Crippen LogP contribution in [0, 0.1) is 0 Å². The van der Waals surface area contributed by atoms with Gasteiger partial charge in [0.15, 0.2) is 0 Å². The third-order valence-electron chi connectivity index (χ3n) is 1.32. The summed E-state index contributed by atoms with van der Waals surface area (Å²) in [5.74, 6) is 0. The largest absolute Gasteiger partial charge is 0.463 e. The van der Waals surface area contributed by atoms with Crippen molar-refractivity contribution < 1.29 is 9.47 Å². The molecule has 5 heteroatoms. The van der Waals surface area contributed by atoms with Crippen molar-refractivity contribution >= 4 is 15.9 Å². The van der Waals surface area contributed by atoms with E-state index in [4.69, 9.17) is 9.47 Å². The minimum absolute atomic E-state index is 0.394. The number of aromatic nitrogens is 2. The molecule has 0 N–H and O–H groups in total. The number of hydrogen-bond acceptors (Lipinski definition) is 4. The van der Waals surface area contributed by atoms with Gasteiger partial charge in [-0.3, -0.25) is 0 Å². The van der Waals surface area contributed by atoms with Crippen molar-refractivity contribution in [1.29, 1.82) is 0 Å². The molecule has 4 nitrogen and oxygen atoms in total. The Morgan fingerprint density at radius 1 is 1.46 bits per heavy atom. The van der Waals surface area contributed by atoms with Crippen LogP contribution in [0.15, 0.2) is 16.9 Å². The Morgan fingerprint density at radius 3 is 3.00 bits per heavy atom. The molecule has 0 saturated heterocycles. The Balaban J connectivity index is 2.28. The van der Waals surface area contributed by atoms with E-state index in [1.54, 1.807) is 19.4 Å². The molecule has 1 heterocycles. The zero-order valence-electron chi connectivity index (χ0n) is 7.36. The highest BCUT2D eigenvalue weighted by molar-refractivity contribution is 9.10. The number of rotatable bonds is 5. The first-order chi connectivity index (χ1) is 6.33. The van der Waals surface area contributed by atoms with Crippen molar-refractivity contribution in [3.05, 3.63) is 16.9 Å². The maximum atomic E-state index is 5.26. The second-order valence-corrected chi connectivity index (χ2v) is 3.17. The second-order valence-electron chi connectivity index (χ2n) is 2.36. The van der Waals surface area contributed by atoms with Crippen LogP contribution in [0.4, 0.5) is 0 Å². The summed E-state index contributed by atoms with van der Waals surface area (Å²) in [5, 5.41) is 0. The van der Waals surface area contributed by atoms with Crippen LogP contribution in [0.25, 0.3) is 0 Å². The van der Waals surface area contributed by atoms with E-state index in [1.165, 1.54) is 0 Å². The average molecular weight is 247 g/mol. The first-order valence-corrected chi connectivity index (χ1v) is 4.72. The van der Waals surface area contributed by atoms with Crippen LogP contribution < -0.4 is 4.74 Å². The van der Waals surface area contributed by atoms with E-state index in [-0.39, 0.29) is 0 Å². The fraction of sp³-hybridized carbons (Fsp3) is 0.500. The van der Waals surface area contributed by atoms with Crippen LogP contribution in [0.5, 0.6) is 6.01 Å². The van der Waals surface area contributed by atoms with Gasteiger partial charge in [-0.05, 0) is 22.0 Å². The van der Waals surface area contributed by atoms with Crippen molar-refractivity contribution in [3.63, 3.8) is 0 Å². The number of hydrogen-bond donors (Lipinski definition) is 0. The van der Waals surface area contributed by atoms with Crippen LogP contribution in [0.1, 0.15) is 6.42 Å². The maximum Gasteiger partial charge on any atom is 0.317 e. The van der Waals surface area contributed by atoms with E-state index in [0.717, 1.165) is 11.0 Å². The zero-order chi connectivity index (χ0) is 9.52. The molecule has 0 aliphatic carbocycles. The van der Waals surface area contributed by atoms with E-state index in [1.807, 2.05) is 0 Å². The topological polar surface area (TPSA) is 44.2 Å². The molecule has 0 amide bonds. The highest BCUT2D eigenvalue weighted by Crippen LogP contribution is 2.08. The second kappa shape index (κ2) is 5.88. The predicted molar refractivity (Wildman–Crippen MR) is 51.7 cm³/mol. The summed E-state index contributed by atoms with van der Waals surface area (Å²) >= 11 is 3.23. The zero-order valence-corrected chi connectivity index (χ0v) is 8.95. The summed E-state index contributed by atoms with van der Waals surface area (Å²) < 4.78 is 10.9. The summed E-state index contributed by atoms with van der Waals surface area (Å²) in [6.45, 7) is 1.26. The Hall–Kier alpha value is -0.680. The summed E-state index contributed by atoms with van der Waals surface area (Å²) in [6, 6.07) is 2.15. The monoisotopic (exact) mass is 246 g/mol. The Morgan fingerprint density at radius 2 is 2.31 bits per heavy atom. The molecule has 0 radical (unpaired) electrons. The molecular weight excluding hydrogens is 236 g/mol. The van der Waals surface area contributed by atoms with Gasteiger partial charge in [0, 0.05) is 26.3 Å². The van der Waals surface area contributed by atoms with Crippen molar-refractivity contribution in [1.82, 2.24) is 9.97 Å². The van der Waals surface area contributed by atoms with E-state index in [9.17, 15) is 0 Å². The van der Waals surface area contributed by atoms with Gasteiger partial charge in [0.05, 0.1) is 6.61 Å². The van der Waals surface area contributed by atoms with E-state index in [2.05, 4.69) is 25.9 Å². The lowest BCUT2D eigenvalue weighted by molar-refractivity contribution is 0.168. The number of nitrogens with zero attached hydrogens (tertiary/aromatic N) is 2. The van der Waals surface area contributed by atoms with E-state index in [0.29, 0.717) is 19.2 Å². The Labute approximate surface area is 85.4 Å². The molecule has 1 aromatic heterocycles. The van der Waals surface area contributed by atoms with Gasteiger partial charge < -0.3 is 9.47 Å². The number of halogens is 1. The van der Waals surface area contributed by atoms with Crippen molar-refractivity contribution in [2.45, 2.75) is 6.42 Å². The maximum absolute atomic E-state index is 5.26. The lowest BCUT2D eigenvalue weighted by Gasteiger charge is -2.02. The molecule has 0 atom stereocenters. The van der Waals surface area contributed by atoms with Gasteiger partial charge in [0.2, 0.25) is 0 Å². The van der Waals surface area contributed by atoms with Crippen molar-refractivity contribution in [3.8, 4) is 6.01 Å². The minimum Gasteiger partial charge on any atom is -0.463 e. The summed E-state index contributed by atoms with van der Waals surface area (Å²) in [6.07, 6.45) is 2.48. The predicted octanol–water partition coefficient (Wildman–Crippen LogP) is 1.65. The normalized spacial score (nSPS) is 10.0. The highest BCUT2D eigenvalue weighted by atomic mass is 79.9. The summed E-state index contributed by atoms with van der Waals surface area (Å²) in [7, 11) is 1.66. The molecule has 0 saturated carbocycles. The molecular formula is C8H11BrN2O2. The average Bonchev–Trinajstić information content (AvgIpc) is 2.13. The van der Waals surface area contributed by atoms with Gasteiger partial charge in [-0.1, -0.05) is 0 Å². The minimum atomic E-state index is 0.394. The molecule has 1 rings (SSSR count). The smallest absolute Gasteiger partial charge is 0.317 e. The van der Waals surface area contributed by atoms with Crippen LogP contribution in [0.2, 0.25) is 0 Å². The van der Waals surface area contributed by atoms with Crippen molar-refractivity contribution in [2.24, 2.45) is 0 Å². The molecule has 1 aromatic rings. The summed E-state index contributed by atoms with van der Waals surface area (Å²) in [5.41, 5.74) is 0. The van der Waals surface area contributed by atoms with Crippen LogP contribution in [-0.2, 0) is 4.74 Å². The Bertz CT molecular complexity index is 258. The van der Waals surface area contributed by atoms with Gasteiger partial charge in [-0.15, -0.1) is 0 Å². The van der Waals surface area contributed by atoms with Gasteiger partial charge in [0.25, 0.3) is 0 Å². The first-order valence-electron chi connectivity index (χ1n) is 3.93. The molecule has 0 bridgehead atoms. The lowest BCUT2D eigenvalue weighted by Crippen LogP contribution is -2.03. The van der Waals surface area contributed by atoms with Gasteiger partial charge in [0.1, 0.15) is 4.60 Å². The van der Waals surface area contributed by atoms with Crippen LogP contribution in [-0.4, -0.2) is 30.3 Å². The van der Waals surface area contributed by atoms with Gasteiger partial charge in [-0.25, -0.2) is 4.98 Å². The molecule has 72 valence electrons. The molecule has 0 aliphatic heterocycles. The number of methoxy groups -OCH3 is 1. The quantitative estimate of drug-likeness (QED) is 0.586. The van der Waals surface area contributed by atoms with E-state index < -0.39 is 0 Å². The molecule has 13 heavy (non-hydrogen) atoms. The SMILES string of the molecule is COCCCOc1nccc(Br)n1. The van der Waals surface area contributed by atoms with Gasteiger partial charge >= 0.3 is 6.01 Å². The molecule has 0 spiro atoms. The highest BCUT2D eigenvalue weighted by Gasteiger charge is 1.96. The summed E-state index contributed by atoms with van der Waals surface area (Å²) in [4.78, 5) is 7.95. The van der Waals surface area contributed by atoms with Gasteiger partial charge in [-0.2, -0.15) is 4.98 Å². The fourth-order valence-corrected chi connectivity index (χ4v) is 1.03. The molecule has 0 unspecified atom stereocenters. The first kappa shape index (κ1) is 10.4. The standard InChI is InChI=1S/C8H11BrN2O2/c1-12-5-2-6-13-8-10-4-3-7(9)11-8/h3-4H,2,5-6H2,1H3. The molecule has 0 fully saturated rings. The lowest BCUT2D eigenvalue weighted by atomic mass is 10.5. The van der Waals surface area contributed by atoms with Crippen LogP contribution >= 0.6 is 15.9 Å². The van der Waals surface area contributed by atoms with Crippen LogP contribution in [0.3, 0.4) is 0 Å². The Kier molecular flexibility index (Phi) is 4.70. The van der Waals surface area contributed by atoms with Crippen molar-refractivity contribution in [2.75, 3.05) is 20.3 Å².